The fraction of sp³-hybridized carbons (Fsp3) is 0.217. The van der Waals surface area contributed by atoms with Gasteiger partial charge in [0.2, 0.25) is 12.7 Å². The normalized spacial score (nSPS) is 15.5. The first-order valence-corrected chi connectivity index (χ1v) is 10.1. The van der Waals surface area contributed by atoms with Gasteiger partial charge < -0.3 is 19.3 Å². The molecule has 1 saturated heterocycles. The zero-order valence-electron chi connectivity index (χ0n) is 16.8. The number of benzene rings is 1. The van der Waals surface area contributed by atoms with Crippen molar-refractivity contribution in [3.8, 4) is 22.8 Å². The van der Waals surface area contributed by atoms with Gasteiger partial charge in [-0.2, -0.15) is 0 Å². The van der Waals surface area contributed by atoms with Crippen LogP contribution in [-0.4, -0.2) is 59.0 Å². The lowest BCUT2D eigenvalue weighted by Crippen LogP contribution is -2.48. The predicted octanol–water partition coefficient (Wildman–Crippen LogP) is 2.63. The van der Waals surface area contributed by atoms with Crippen LogP contribution in [0.15, 0.2) is 60.9 Å². The summed E-state index contributed by atoms with van der Waals surface area (Å²) in [6.07, 6.45) is 6.91. The Kier molecular flexibility index (Phi) is 5.18. The molecular formula is C23H21N5O3. The van der Waals surface area contributed by atoms with Crippen molar-refractivity contribution >= 4 is 17.8 Å². The second-order valence-electron chi connectivity index (χ2n) is 7.28. The van der Waals surface area contributed by atoms with Crippen molar-refractivity contribution in [2.75, 3.05) is 37.9 Å². The number of anilines is 1. The highest BCUT2D eigenvalue weighted by Gasteiger charge is 2.21. The van der Waals surface area contributed by atoms with Crippen LogP contribution in [0, 0.1) is 0 Å². The van der Waals surface area contributed by atoms with Crippen molar-refractivity contribution in [2.24, 2.45) is 0 Å². The van der Waals surface area contributed by atoms with E-state index in [1.807, 2.05) is 47.4 Å². The molecule has 2 aliphatic heterocycles. The molecule has 3 aromatic rings. The third-order valence-corrected chi connectivity index (χ3v) is 5.34. The summed E-state index contributed by atoms with van der Waals surface area (Å²) in [6, 6.07) is 13.4. The summed E-state index contributed by atoms with van der Waals surface area (Å²) < 4.78 is 10.7. The van der Waals surface area contributed by atoms with Crippen molar-refractivity contribution in [3.05, 3.63) is 66.5 Å². The molecule has 0 aliphatic carbocycles. The molecule has 0 spiro atoms. The van der Waals surface area contributed by atoms with E-state index in [4.69, 9.17) is 9.47 Å². The van der Waals surface area contributed by atoms with Crippen LogP contribution in [0.2, 0.25) is 0 Å². The van der Waals surface area contributed by atoms with E-state index in [1.54, 1.807) is 24.5 Å². The maximum atomic E-state index is 12.6. The molecule has 156 valence electrons. The number of carbonyl (C=O) groups is 1. The summed E-state index contributed by atoms with van der Waals surface area (Å²) in [5.74, 6) is 2.25. The molecule has 0 N–H and O–H groups in total. The highest BCUT2D eigenvalue weighted by atomic mass is 16.7. The molecule has 1 fully saturated rings. The number of carbonyl (C=O) groups excluding carboxylic acids is 1. The first-order chi connectivity index (χ1) is 15.3. The van der Waals surface area contributed by atoms with Crippen molar-refractivity contribution in [3.63, 3.8) is 0 Å². The third kappa shape index (κ3) is 4.18. The van der Waals surface area contributed by atoms with Crippen LogP contribution in [0.4, 0.5) is 5.82 Å². The Morgan fingerprint density at radius 2 is 1.84 bits per heavy atom. The third-order valence-electron chi connectivity index (χ3n) is 5.34. The molecule has 8 heteroatoms. The van der Waals surface area contributed by atoms with E-state index in [9.17, 15) is 4.79 Å². The number of rotatable bonds is 4. The van der Waals surface area contributed by atoms with Crippen LogP contribution in [0.3, 0.4) is 0 Å². The Hall–Kier alpha value is -3.94. The number of ether oxygens (including phenoxy) is 2. The van der Waals surface area contributed by atoms with Gasteiger partial charge in [-0.25, -0.2) is 0 Å². The minimum absolute atomic E-state index is 0.00433. The van der Waals surface area contributed by atoms with Crippen LogP contribution in [0.1, 0.15) is 5.56 Å². The van der Waals surface area contributed by atoms with Gasteiger partial charge in [-0.1, -0.05) is 6.07 Å². The van der Waals surface area contributed by atoms with E-state index >= 15 is 0 Å². The van der Waals surface area contributed by atoms with E-state index < -0.39 is 0 Å². The lowest BCUT2D eigenvalue weighted by molar-refractivity contribution is -0.126. The van der Waals surface area contributed by atoms with Gasteiger partial charge in [0, 0.05) is 50.2 Å². The molecular weight excluding hydrogens is 394 g/mol. The largest absolute Gasteiger partial charge is 0.454 e. The number of pyridine rings is 1. The maximum Gasteiger partial charge on any atom is 0.246 e. The molecule has 0 radical (unpaired) electrons. The molecule has 31 heavy (non-hydrogen) atoms. The van der Waals surface area contributed by atoms with Gasteiger partial charge in [-0.15, -0.1) is 10.2 Å². The van der Waals surface area contributed by atoms with Gasteiger partial charge in [0.1, 0.15) is 0 Å². The smallest absolute Gasteiger partial charge is 0.246 e. The Labute approximate surface area is 179 Å². The number of amides is 1. The minimum atomic E-state index is -0.00433. The minimum Gasteiger partial charge on any atom is -0.454 e. The summed E-state index contributed by atoms with van der Waals surface area (Å²) in [6.45, 7) is 2.93. The van der Waals surface area contributed by atoms with Crippen molar-refractivity contribution in [1.82, 2.24) is 20.1 Å². The zero-order chi connectivity index (χ0) is 21.0. The Bertz CT molecular complexity index is 1090. The van der Waals surface area contributed by atoms with Gasteiger partial charge in [0.25, 0.3) is 0 Å². The van der Waals surface area contributed by atoms with E-state index in [0.29, 0.717) is 31.9 Å². The number of hydrogen-bond donors (Lipinski definition) is 0. The van der Waals surface area contributed by atoms with Gasteiger partial charge in [-0.05, 0) is 48.0 Å². The second-order valence-corrected chi connectivity index (χ2v) is 7.28. The maximum absolute atomic E-state index is 12.6. The summed E-state index contributed by atoms with van der Waals surface area (Å²) in [4.78, 5) is 20.7. The molecule has 5 rings (SSSR count). The quantitative estimate of drug-likeness (QED) is 0.606. The molecule has 1 amide bonds. The van der Waals surface area contributed by atoms with E-state index in [0.717, 1.165) is 28.4 Å². The lowest BCUT2D eigenvalue weighted by atomic mass is 10.2. The molecule has 1 aromatic carbocycles. The van der Waals surface area contributed by atoms with Gasteiger partial charge in [-0.3, -0.25) is 9.78 Å². The summed E-state index contributed by atoms with van der Waals surface area (Å²) in [7, 11) is 0. The number of nitrogens with zero attached hydrogens (tertiary/aromatic N) is 5. The Morgan fingerprint density at radius 1 is 0.968 bits per heavy atom. The number of aromatic nitrogens is 3. The first kappa shape index (κ1) is 19.0. The number of piperazine rings is 1. The monoisotopic (exact) mass is 415 g/mol. The van der Waals surface area contributed by atoms with Crippen LogP contribution >= 0.6 is 0 Å². The Morgan fingerprint density at radius 3 is 2.61 bits per heavy atom. The second kappa shape index (κ2) is 8.43. The molecule has 4 heterocycles. The SMILES string of the molecule is O=C(/C=C/c1ccc2c(c1)OCO2)N1CCN(c2ccc(-c3cccnc3)nn2)CC1. The van der Waals surface area contributed by atoms with E-state index in [1.165, 1.54) is 0 Å². The molecule has 0 saturated carbocycles. The molecule has 0 unspecified atom stereocenters. The van der Waals surface area contributed by atoms with Crippen molar-refractivity contribution in [1.29, 1.82) is 0 Å². The van der Waals surface area contributed by atoms with Crippen molar-refractivity contribution < 1.29 is 14.3 Å². The lowest BCUT2D eigenvalue weighted by Gasteiger charge is -2.34. The van der Waals surface area contributed by atoms with Gasteiger partial charge >= 0.3 is 0 Å². The fourth-order valence-corrected chi connectivity index (χ4v) is 3.61. The number of fused-ring (bicyclic) bond motifs is 1. The zero-order valence-corrected chi connectivity index (χ0v) is 16.8. The summed E-state index contributed by atoms with van der Waals surface area (Å²) >= 11 is 0. The molecule has 2 aromatic heterocycles. The van der Waals surface area contributed by atoms with Crippen LogP contribution in [0.25, 0.3) is 17.3 Å². The standard InChI is InChI=1S/C23H21N5O3/c29-23(8-4-17-3-6-20-21(14-17)31-16-30-20)28-12-10-27(11-13-28)22-7-5-19(25-26-22)18-2-1-9-24-15-18/h1-9,14-15H,10-13,16H2/b8-4+. The molecule has 0 atom stereocenters. The van der Waals surface area contributed by atoms with E-state index in [-0.39, 0.29) is 12.7 Å². The van der Waals surface area contributed by atoms with Crippen LogP contribution in [0.5, 0.6) is 11.5 Å². The van der Waals surface area contributed by atoms with Crippen LogP contribution in [-0.2, 0) is 4.79 Å². The molecule has 0 bridgehead atoms. The Balaban J connectivity index is 1.17. The molecule has 2 aliphatic rings. The highest BCUT2D eigenvalue weighted by molar-refractivity contribution is 5.92. The predicted molar refractivity (Wildman–Crippen MR) is 116 cm³/mol. The van der Waals surface area contributed by atoms with Crippen LogP contribution < -0.4 is 14.4 Å². The fourth-order valence-electron chi connectivity index (χ4n) is 3.61. The summed E-state index contributed by atoms with van der Waals surface area (Å²) in [5, 5.41) is 8.69. The van der Waals surface area contributed by atoms with Gasteiger partial charge in [0.05, 0.1) is 5.69 Å². The number of hydrogen-bond acceptors (Lipinski definition) is 7. The molecule has 8 nitrogen and oxygen atoms in total. The average molecular weight is 415 g/mol. The highest BCUT2D eigenvalue weighted by Crippen LogP contribution is 2.32. The first-order valence-electron chi connectivity index (χ1n) is 10.1. The topological polar surface area (TPSA) is 80.7 Å². The average Bonchev–Trinajstić information content (AvgIpc) is 3.31. The van der Waals surface area contributed by atoms with Crippen molar-refractivity contribution in [2.45, 2.75) is 0 Å². The van der Waals surface area contributed by atoms with E-state index in [2.05, 4.69) is 20.1 Å². The summed E-state index contributed by atoms with van der Waals surface area (Å²) in [5.41, 5.74) is 2.63. The van der Waals surface area contributed by atoms with Gasteiger partial charge in [0.15, 0.2) is 17.3 Å².